The third-order valence-electron chi connectivity index (χ3n) is 4.79. The molecule has 1 aliphatic heterocycles. The van der Waals surface area contributed by atoms with E-state index in [1.54, 1.807) is 0 Å². The molecule has 23 heavy (non-hydrogen) atoms. The molecule has 126 valence electrons. The highest BCUT2D eigenvalue weighted by atomic mass is 127. The van der Waals surface area contributed by atoms with Gasteiger partial charge in [0.25, 0.3) is 0 Å². The Morgan fingerprint density at radius 3 is 2.61 bits per heavy atom. The first-order valence-electron chi connectivity index (χ1n) is 8.08. The molecule has 1 saturated heterocycles. The monoisotopic (exact) mass is 429 g/mol. The van der Waals surface area contributed by atoms with Gasteiger partial charge in [-0.15, -0.1) is 0 Å². The van der Waals surface area contributed by atoms with Gasteiger partial charge < -0.3 is 37.6 Å². The Bertz CT molecular complexity index is 674. The van der Waals surface area contributed by atoms with Crippen molar-refractivity contribution in [2.75, 3.05) is 33.3 Å². The zero-order valence-corrected chi connectivity index (χ0v) is 16.0. The number of ether oxygens (including phenoxy) is 1. The second kappa shape index (κ2) is 7.66. The van der Waals surface area contributed by atoms with E-state index < -0.39 is 0 Å². The van der Waals surface area contributed by atoms with Gasteiger partial charge in [-0.1, -0.05) is 18.2 Å². The van der Waals surface area contributed by atoms with Crippen LogP contribution in [0.25, 0.3) is 11.0 Å². The molecule has 0 atom stereocenters. The zero-order valence-electron chi connectivity index (χ0n) is 13.8. The Kier molecular flexibility index (Phi) is 6.08. The van der Waals surface area contributed by atoms with E-state index in [9.17, 15) is 4.79 Å². The molecule has 2 aromatic rings. The normalized spacial score (nSPS) is 16.8. The number of para-hydroxylation sites is 1. The number of furan rings is 1. The van der Waals surface area contributed by atoms with Gasteiger partial charge in [-0.3, -0.25) is 0 Å². The third-order valence-corrected chi connectivity index (χ3v) is 4.79. The first kappa shape index (κ1) is 18.3. The van der Waals surface area contributed by atoms with Gasteiger partial charge in [0.05, 0.1) is 20.1 Å². The summed E-state index contributed by atoms with van der Waals surface area (Å²) in [6.07, 6.45) is 3.87. The van der Waals surface area contributed by atoms with Gasteiger partial charge in [-0.05, 0) is 32.3 Å². The molecule has 0 bridgehead atoms. The topological polar surface area (TPSA) is 39.4 Å². The minimum absolute atomic E-state index is 0. The number of fused-ring (bicyclic) bond motifs is 1. The molecule has 0 N–H and O–H groups in total. The Hall–Kier alpha value is -1.08. The van der Waals surface area contributed by atoms with Crippen molar-refractivity contribution < 1.29 is 42.4 Å². The Labute approximate surface area is 154 Å². The van der Waals surface area contributed by atoms with E-state index in [-0.39, 0.29) is 29.9 Å². The van der Waals surface area contributed by atoms with Gasteiger partial charge in [-0.25, -0.2) is 4.79 Å². The summed E-state index contributed by atoms with van der Waals surface area (Å²) < 4.78 is 12.1. The first-order chi connectivity index (χ1) is 10.6. The number of quaternary nitrogens is 1. The van der Waals surface area contributed by atoms with Gasteiger partial charge >= 0.3 is 5.97 Å². The largest absolute Gasteiger partial charge is 1.00 e. The van der Waals surface area contributed by atoms with Gasteiger partial charge in [0, 0.05) is 10.9 Å². The predicted molar refractivity (Wildman–Crippen MR) is 85.9 cm³/mol. The van der Waals surface area contributed by atoms with Crippen molar-refractivity contribution >= 4 is 16.9 Å². The van der Waals surface area contributed by atoms with Crippen LogP contribution in [0.1, 0.15) is 35.4 Å². The predicted octanol–water partition coefficient (Wildman–Crippen LogP) is 0.533. The van der Waals surface area contributed by atoms with E-state index in [4.69, 9.17) is 9.15 Å². The van der Waals surface area contributed by atoms with Crippen molar-refractivity contribution in [1.82, 2.24) is 0 Å². The van der Waals surface area contributed by atoms with Crippen molar-refractivity contribution in [3.63, 3.8) is 0 Å². The van der Waals surface area contributed by atoms with Crippen molar-refractivity contribution in [1.29, 1.82) is 0 Å². The average Bonchev–Trinajstić information content (AvgIpc) is 2.85. The number of rotatable bonds is 4. The summed E-state index contributed by atoms with van der Waals surface area (Å²) in [5, 5.41) is 0.976. The SMILES string of the molecule is Cc1c(C(=O)OCC[N+]2(C)CCCCC2)oc2ccccc12.[I-]. The molecule has 1 aliphatic rings. The van der Waals surface area contributed by atoms with Crippen LogP contribution >= 0.6 is 0 Å². The Morgan fingerprint density at radius 1 is 1.22 bits per heavy atom. The molecule has 0 radical (unpaired) electrons. The molecule has 0 spiro atoms. The van der Waals surface area contributed by atoms with Crippen molar-refractivity contribution in [3.8, 4) is 0 Å². The fraction of sp³-hybridized carbons (Fsp3) is 0.500. The lowest BCUT2D eigenvalue weighted by molar-refractivity contribution is -0.914. The highest BCUT2D eigenvalue weighted by molar-refractivity contribution is 5.95. The molecule has 0 unspecified atom stereocenters. The molecular formula is C18H24INO3. The molecule has 2 heterocycles. The molecular weight excluding hydrogens is 405 g/mol. The Morgan fingerprint density at radius 2 is 1.91 bits per heavy atom. The summed E-state index contributed by atoms with van der Waals surface area (Å²) in [5.74, 6) is -0.0141. The van der Waals surface area contributed by atoms with Crippen LogP contribution in [0.5, 0.6) is 0 Å². The van der Waals surface area contributed by atoms with Gasteiger partial charge in [0.2, 0.25) is 5.76 Å². The number of likely N-dealkylation sites (N-methyl/N-ethyl adjacent to an activating group) is 1. The molecule has 5 heteroatoms. The van der Waals surface area contributed by atoms with E-state index in [1.807, 2.05) is 31.2 Å². The van der Waals surface area contributed by atoms with Crippen LogP contribution in [0.3, 0.4) is 0 Å². The second-order valence-electron chi connectivity index (χ2n) is 6.54. The zero-order chi connectivity index (χ0) is 15.6. The molecule has 0 saturated carbocycles. The quantitative estimate of drug-likeness (QED) is 0.405. The van der Waals surface area contributed by atoms with Crippen LogP contribution in [-0.2, 0) is 4.74 Å². The van der Waals surface area contributed by atoms with Crippen LogP contribution in [0.2, 0.25) is 0 Å². The molecule has 4 nitrogen and oxygen atoms in total. The maximum atomic E-state index is 12.3. The van der Waals surface area contributed by atoms with Crippen LogP contribution in [0, 0.1) is 6.92 Å². The van der Waals surface area contributed by atoms with Gasteiger partial charge in [0.15, 0.2) is 0 Å². The summed E-state index contributed by atoms with van der Waals surface area (Å²) in [6, 6.07) is 7.69. The van der Waals surface area contributed by atoms with Crippen molar-refractivity contribution in [2.24, 2.45) is 0 Å². The minimum atomic E-state index is -0.350. The molecule has 3 rings (SSSR count). The molecule has 1 aromatic carbocycles. The van der Waals surface area contributed by atoms with Gasteiger partial charge in [-0.2, -0.15) is 0 Å². The van der Waals surface area contributed by atoms with Crippen LogP contribution < -0.4 is 24.0 Å². The highest BCUT2D eigenvalue weighted by Gasteiger charge is 2.25. The minimum Gasteiger partial charge on any atom is -1.00 e. The van der Waals surface area contributed by atoms with Gasteiger partial charge in [0.1, 0.15) is 18.7 Å². The van der Waals surface area contributed by atoms with E-state index in [0.717, 1.165) is 27.6 Å². The maximum absolute atomic E-state index is 12.3. The van der Waals surface area contributed by atoms with E-state index in [1.165, 1.54) is 32.4 Å². The van der Waals surface area contributed by atoms with Crippen LogP contribution in [0.15, 0.2) is 28.7 Å². The summed E-state index contributed by atoms with van der Waals surface area (Å²) in [6.45, 7) is 5.60. The molecule has 1 fully saturated rings. The lowest BCUT2D eigenvalue weighted by Gasteiger charge is -2.37. The van der Waals surface area contributed by atoms with E-state index >= 15 is 0 Å². The summed E-state index contributed by atoms with van der Waals surface area (Å²) >= 11 is 0. The third kappa shape index (κ3) is 4.07. The fourth-order valence-electron chi connectivity index (χ4n) is 3.29. The highest BCUT2D eigenvalue weighted by Crippen LogP contribution is 2.25. The molecule has 1 aromatic heterocycles. The average molecular weight is 429 g/mol. The first-order valence-corrected chi connectivity index (χ1v) is 8.08. The van der Waals surface area contributed by atoms with Crippen molar-refractivity contribution in [3.05, 3.63) is 35.6 Å². The molecule has 0 aliphatic carbocycles. The standard InChI is InChI=1S/C18H24NO3.HI/c1-14-15-8-4-5-9-16(15)22-17(14)18(20)21-13-12-19(2)10-6-3-7-11-19;/h4-5,8-9H,3,6-7,10-13H2,1-2H3;1H/q+1;/p-1. The number of hydrogen-bond donors (Lipinski definition) is 0. The molecule has 0 amide bonds. The Balaban J connectivity index is 0.00000192. The summed E-state index contributed by atoms with van der Waals surface area (Å²) in [5.41, 5.74) is 1.60. The number of carbonyl (C=O) groups excluding carboxylic acids is 1. The maximum Gasteiger partial charge on any atom is 0.374 e. The number of esters is 1. The lowest BCUT2D eigenvalue weighted by atomic mass is 10.1. The lowest BCUT2D eigenvalue weighted by Crippen LogP contribution is -3.00. The van der Waals surface area contributed by atoms with E-state index in [2.05, 4.69) is 7.05 Å². The number of nitrogens with zero attached hydrogens (tertiary/aromatic N) is 1. The number of hydrogen-bond acceptors (Lipinski definition) is 3. The van der Waals surface area contributed by atoms with Crippen molar-refractivity contribution in [2.45, 2.75) is 26.2 Å². The number of benzene rings is 1. The summed E-state index contributed by atoms with van der Waals surface area (Å²) in [7, 11) is 2.25. The number of carbonyl (C=O) groups is 1. The number of aryl methyl sites for hydroxylation is 1. The summed E-state index contributed by atoms with van der Waals surface area (Å²) in [4.78, 5) is 12.3. The second-order valence-corrected chi connectivity index (χ2v) is 6.54. The number of likely N-dealkylation sites (tertiary alicyclic amines) is 1. The van der Waals surface area contributed by atoms with Crippen LogP contribution in [-0.4, -0.2) is 43.7 Å². The fourth-order valence-corrected chi connectivity index (χ4v) is 3.29. The smallest absolute Gasteiger partial charge is 0.374 e. The van der Waals surface area contributed by atoms with Crippen LogP contribution in [0.4, 0.5) is 0 Å². The van der Waals surface area contributed by atoms with E-state index in [0.29, 0.717) is 12.4 Å². The number of halogens is 1. The number of piperidine rings is 1.